The number of carboxylic acids is 1. The highest BCUT2D eigenvalue weighted by molar-refractivity contribution is 5.75. The third kappa shape index (κ3) is 8.85. The van der Waals surface area contributed by atoms with Crippen LogP contribution in [0, 0.1) is 0 Å². The molecule has 0 atom stereocenters. The zero-order chi connectivity index (χ0) is 20.8. The van der Waals surface area contributed by atoms with Gasteiger partial charge in [-0.2, -0.15) is 0 Å². The molecule has 0 saturated carbocycles. The van der Waals surface area contributed by atoms with Crippen molar-refractivity contribution in [3.05, 3.63) is 71.3 Å². The Kier molecular flexibility index (Phi) is 11.3. The topological polar surface area (TPSA) is 57.6 Å². The van der Waals surface area contributed by atoms with Crippen molar-refractivity contribution in [3.63, 3.8) is 0 Å². The maximum absolute atomic E-state index is 12.3. The van der Waals surface area contributed by atoms with Crippen molar-refractivity contribution in [3.8, 4) is 0 Å². The van der Waals surface area contributed by atoms with Gasteiger partial charge in [-0.25, -0.2) is 0 Å². The van der Waals surface area contributed by atoms with Gasteiger partial charge < -0.3 is 10.0 Å². The molecule has 0 heterocycles. The second-order valence-corrected chi connectivity index (χ2v) is 6.47. The molecule has 1 N–H and O–H groups in total. The van der Waals surface area contributed by atoms with Crippen molar-refractivity contribution in [2.24, 2.45) is 0 Å². The molecule has 2 aromatic carbocycles. The summed E-state index contributed by atoms with van der Waals surface area (Å²) in [5.74, 6) is -0.645. The fourth-order valence-corrected chi connectivity index (χ4v) is 2.99. The lowest BCUT2D eigenvalue weighted by atomic mass is 10.1. The number of amides is 1. The summed E-state index contributed by atoms with van der Waals surface area (Å²) >= 11 is 0. The van der Waals surface area contributed by atoms with E-state index in [2.05, 4.69) is 12.1 Å². The molecule has 152 valence electrons. The molecule has 0 aliphatic heterocycles. The third-order valence-electron chi connectivity index (χ3n) is 4.38. The number of aliphatic carboxylic acids is 1. The maximum Gasteiger partial charge on any atom is 0.303 e. The van der Waals surface area contributed by atoms with Crippen LogP contribution in [0.15, 0.2) is 54.6 Å². The van der Waals surface area contributed by atoms with E-state index in [1.165, 1.54) is 5.56 Å². The van der Waals surface area contributed by atoms with E-state index in [1.807, 2.05) is 68.1 Å². The fraction of sp³-hybridized carbons (Fsp3) is 0.417. The summed E-state index contributed by atoms with van der Waals surface area (Å²) in [5.41, 5.74) is 3.33. The standard InChI is InChI=1S/C22H27NO3.C2H6/c1-2-21(24)23(15-7-12-18-8-4-3-5-9-18)17-20-11-6-10-19(16-20)13-14-22(25)26;1-2/h3-6,8-11,16H,2,7,12-15,17H2,1H3,(H,25,26);1-2H3. The van der Waals surface area contributed by atoms with Crippen LogP contribution in [-0.4, -0.2) is 28.4 Å². The summed E-state index contributed by atoms with van der Waals surface area (Å²) in [6.07, 6.45) is 3.00. The molecular formula is C24H33NO3. The molecule has 0 radical (unpaired) electrons. The van der Waals surface area contributed by atoms with Crippen LogP contribution in [0.4, 0.5) is 0 Å². The number of benzene rings is 2. The first-order valence-corrected chi connectivity index (χ1v) is 10.2. The molecule has 0 bridgehead atoms. The zero-order valence-corrected chi connectivity index (χ0v) is 17.4. The highest BCUT2D eigenvalue weighted by Crippen LogP contribution is 2.13. The van der Waals surface area contributed by atoms with Crippen LogP contribution < -0.4 is 0 Å². The van der Waals surface area contributed by atoms with Gasteiger partial charge >= 0.3 is 5.97 Å². The second kappa shape index (κ2) is 13.5. The van der Waals surface area contributed by atoms with E-state index in [1.54, 1.807) is 0 Å². The van der Waals surface area contributed by atoms with Gasteiger partial charge in [0.2, 0.25) is 5.91 Å². The smallest absolute Gasteiger partial charge is 0.303 e. The first kappa shape index (κ1) is 23.4. The minimum Gasteiger partial charge on any atom is -0.481 e. The van der Waals surface area contributed by atoms with Gasteiger partial charge in [-0.1, -0.05) is 75.4 Å². The Labute approximate surface area is 169 Å². The Balaban J connectivity index is 0.00000190. The number of nitrogens with zero attached hydrogens (tertiary/aromatic N) is 1. The Morgan fingerprint density at radius 2 is 1.54 bits per heavy atom. The Morgan fingerprint density at radius 3 is 2.18 bits per heavy atom. The predicted molar refractivity (Wildman–Crippen MR) is 114 cm³/mol. The monoisotopic (exact) mass is 383 g/mol. The lowest BCUT2D eigenvalue weighted by molar-refractivity contribution is -0.137. The Morgan fingerprint density at radius 1 is 0.893 bits per heavy atom. The molecule has 0 spiro atoms. The lowest BCUT2D eigenvalue weighted by Crippen LogP contribution is -2.31. The van der Waals surface area contributed by atoms with Crippen molar-refractivity contribution in [1.29, 1.82) is 0 Å². The van der Waals surface area contributed by atoms with Crippen LogP contribution in [0.2, 0.25) is 0 Å². The minimum absolute atomic E-state index is 0.123. The second-order valence-electron chi connectivity index (χ2n) is 6.47. The van der Waals surface area contributed by atoms with E-state index in [0.29, 0.717) is 19.4 Å². The first-order chi connectivity index (χ1) is 13.6. The average molecular weight is 384 g/mol. The van der Waals surface area contributed by atoms with Gasteiger partial charge in [0.25, 0.3) is 0 Å². The molecule has 0 aromatic heterocycles. The van der Waals surface area contributed by atoms with Crippen molar-refractivity contribution in [2.45, 2.75) is 59.4 Å². The first-order valence-electron chi connectivity index (χ1n) is 10.2. The molecule has 4 heteroatoms. The van der Waals surface area contributed by atoms with E-state index in [4.69, 9.17) is 5.11 Å². The number of carboxylic acid groups (broad SMARTS) is 1. The molecule has 0 saturated heterocycles. The van der Waals surface area contributed by atoms with Crippen molar-refractivity contribution in [1.82, 2.24) is 4.90 Å². The van der Waals surface area contributed by atoms with Crippen molar-refractivity contribution < 1.29 is 14.7 Å². The van der Waals surface area contributed by atoms with E-state index in [9.17, 15) is 9.59 Å². The van der Waals surface area contributed by atoms with Gasteiger partial charge in [0.05, 0.1) is 0 Å². The Hall–Kier alpha value is -2.62. The number of hydrogen-bond donors (Lipinski definition) is 1. The molecule has 1 amide bonds. The van der Waals surface area contributed by atoms with Crippen LogP contribution >= 0.6 is 0 Å². The molecule has 0 fully saturated rings. The van der Waals surface area contributed by atoms with Gasteiger partial charge in [0.15, 0.2) is 0 Å². The molecule has 2 aromatic rings. The fourth-order valence-electron chi connectivity index (χ4n) is 2.99. The molecule has 0 unspecified atom stereocenters. The summed E-state index contributed by atoms with van der Waals surface area (Å²) in [6, 6.07) is 18.2. The summed E-state index contributed by atoms with van der Waals surface area (Å²) < 4.78 is 0. The van der Waals surface area contributed by atoms with E-state index in [0.717, 1.165) is 30.5 Å². The summed E-state index contributed by atoms with van der Waals surface area (Å²) in [4.78, 5) is 25.0. The van der Waals surface area contributed by atoms with Crippen LogP contribution in [-0.2, 0) is 29.0 Å². The largest absolute Gasteiger partial charge is 0.481 e. The number of hydrogen-bond acceptors (Lipinski definition) is 2. The van der Waals surface area contributed by atoms with Crippen LogP contribution in [0.25, 0.3) is 0 Å². The molecule has 28 heavy (non-hydrogen) atoms. The number of carbonyl (C=O) groups excluding carboxylic acids is 1. The lowest BCUT2D eigenvalue weighted by Gasteiger charge is -2.23. The van der Waals surface area contributed by atoms with E-state index < -0.39 is 5.97 Å². The zero-order valence-electron chi connectivity index (χ0n) is 17.4. The SMILES string of the molecule is CC.CCC(=O)N(CCCc1ccccc1)Cc1cccc(CCC(=O)O)c1. The Bertz CT molecular complexity index is 713. The number of carbonyl (C=O) groups is 2. The maximum atomic E-state index is 12.3. The quantitative estimate of drug-likeness (QED) is 0.621. The summed E-state index contributed by atoms with van der Waals surface area (Å²) in [5, 5.41) is 8.83. The van der Waals surface area contributed by atoms with Crippen molar-refractivity contribution >= 4 is 11.9 Å². The number of rotatable bonds is 10. The minimum atomic E-state index is -0.792. The van der Waals surface area contributed by atoms with Crippen LogP contribution in [0.3, 0.4) is 0 Å². The predicted octanol–water partition coefficient (Wildman–Crippen LogP) is 5.10. The van der Waals surface area contributed by atoms with E-state index in [-0.39, 0.29) is 12.3 Å². The molecular weight excluding hydrogens is 350 g/mol. The number of aryl methyl sites for hydroxylation is 2. The molecule has 0 aliphatic carbocycles. The van der Waals surface area contributed by atoms with Gasteiger partial charge in [-0.05, 0) is 36.0 Å². The average Bonchev–Trinajstić information content (AvgIpc) is 2.73. The summed E-state index contributed by atoms with van der Waals surface area (Å²) in [6.45, 7) is 7.18. The molecule has 2 rings (SSSR count). The van der Waals surface area contributed by atoms with Gasteiger partial charge in [-0.3, -0.25) is 9.59 Å². The highest BCUT2D eigenvalue weighted by atomic mass is 16.4. The van der Waals surface area contributed by atoms with Gasteiger partial charge in [0, 0.05) is 25.9 Å². The molecule has 0 aliphatic rings. The third-order valence-corrected chi connectivity index (χ3v) is 4.38. The highest BCUT2D eigenvalue weighted by Gasteiger charge is 2.12. The van der Waals surface area contributed by atoms with Crippen molar-refractivity contribution in [2.75, 3.05) is 6.54 Å². The van der Waals surface area contributed by atoms with Gasteiger partial charge in [-0.15, -0.1) is 0 Å². The molecule has 4 nitrogen and oxygen atoms in total. The van der Waals surface area contributed by atoms with Crippen LogP contribution in [0.1, 0.15) is 56.7 Å². The van der Waals surface area contributed by atoms with Gasteiger partial charge in [0.1, 0.15) is 0 Å². The van der Waals surface area contributed by atoms with E-state index >= 15 is 0 Å². The van der Waals surface area contributed by atoms with Crippen LogP contribution in [0.5, 0.6) is 0 Å². The summed E-state index contributed by atoms with van der Waals surface area (Å²) in [7, 11) is 0. The normalized spacial score (nSPS) is 9.96.